The lowest BCUT2D eigenvalue weighted by molar-refractivity contribution is -0.153. The van der Waals surface area contributed by atoms with E-state index in [0.29, 0.717) is 17.1 Å². The van der Waals surface area contributed by atoms with E-state index in [1.165, 1.54) is 27.6 Å². The molecule has 8 heteroatoms. The van der Waals surface area contributed by atoms with Crippen molar-refractivity contribution in [1.29, 1.82) is 0 Å². The molecule has 0 saturated heterocycles. The molecule has 28 heavy (non-hydrogen) atoms. The molecule has 0 bridgehead atoms. The van der Waals surface area contributed by atoms with Gasteiger partial charge in [-0.25, -0.2) is 4.79 Å². The van der Waals surface area contributed by atoms with Gasteiger partial charge in [0, 0.05) is 6.04 Å². The van der Waals surface area contributed by atoms with Crippen molar-refractivity contribution in [3.05, 3.63) is 23.8 Å². The first-order valence-electron chi connectivity index (χ1n) is 9.44. The number of carbonyl (C=O) groups excluding carboxylic acids is 3. The lowest BCUT2D eigenvalue weighted by atomic mass is 9.96. The summed E-state index contributed by atoms with van der Waals surface area (Å²) >= 11 is 0. The van der Waals surface area contributed by atoms with E-state index >= 15 is 0 Å². The summed E-state index contributed by atoms with van der Waals surface area (Å²) in [6, 6.07) is 4.60. The summed E-state index contributed by atoms with van der Waals surface area (Å²) in [4.78, 5) is 36.1. The molecule has 3 amide bonds. The first kappa shape index (κ1) is 21.5. The molecule has 2 N–H and O–H groups in total. The Balaban J connectivity index is 1.80. The molecular weight excluding hydrogens is 364 g/mol. The van der Waals surface area contributed by atoms with Crippen molar-refractivity contribution < 1.29 is 28.6 Å². The predicted molar refractivity (Wildman–Crippen MR) is 102 cm³/mol. The number of esters is 1. The van der Waals surface area contributed by atoms with Gasteiger partial charge in [-0.1, -0.05) is 25.3 Å². The fourth-order valence-corrected chi connectivity index (χ4v) is 3.13. The highest BCUT2D eigenvalue weighted by Crippen LogP contribution is 2.27. The van der Waals surface area contributed by atoms with E-state index in [1.807, 2.05) is 0 Å². The van der Waals surface area contributed by atoms with Crippen LogP contribution >= 0.6 is 0 Å². The summed E-state index contributed by atoms with van der Waals surface area (Å²) in [6.07, 6.45) is 4.03. The number of nitrogens with one attached hydrogen (secondary N) is 2. The first-order valence-corrected chi connectivity index (χ1v) is 9.44. The zero-order valence-corrected chi connectivity index (χ0v) is 16.6. The van der Waals surface area contributed by atoms with Crippen molar-refractivity contribution in [3.8, 4) is 11.5 Å². The highest BCUT2D eigenvalue weighted by molar-refractivity contribution is 5.97. The van der Waals surface area contributed by atoms with Crippen molar-refractivity contribution in [1.82, 2.24) is 10.6 Å². The molecule has 2 rings (SSSR count). The highest BCUT2D eigenvalue weighted by atomic mass is 16.5. The maximum Gasteiger partial charge on any atom is 0.321 e. The zero-order chi connectivity index (χ0) is 20.5. The molecule has 1 aliphatic rings. The van der Waals surface area contributed by atoms with Gasteiger partial charge in [0.25, 0.3) is 5.91 Å². The topological polar surface area (TPSA) is 103 Å². The number of methoxy groups -OCH3 is 2. The Hall–Kier alpha value is -2.77. The molecule has 0 heterocycles. The largest absolute Gasteiger partial charge is 0.493 e. The molecule has 1 aromatic carbocycles. The van der Waals surface area contributed by atoms with Crippen LogP contribution in [-0.2, 0) is 20.7 Å². The minimum absolute atomic E-state index is 0.0355. The van der Waals surface area contributed by atoms with Gasteiger partial charge in [-0.2, -0.15) is 0 Å². The number of ether oxygens (including phenoxy) is 3. The fraction of sp³-hybridized carbons (Fsp3) is 0.550. The van der Waals surface area contributed by atoms with Crippen LogP contribution in [0.25, 0.3) is 0 Å². The normalized spacial score (nSPS) is 15.2. The number of amides is 3. The zero-order valence-electron chi connectivity index (χ0n) is 16.6. The molecule has 0 unspecified atom stereocenters. The fourth-order valence-electron chi connectivity index (χ4n) is 3.13. The van der Waals surface area contributed by atoms with Crippen molar-refractivity contribution in [2.45, 2.75) is 57.6 Å². The summed E-state index contributed by atoms with van der Waals surface area (Å²) in [5, 5.41) is 5.01. The van der Waals surface area contributed by atoms with Crippen LogP contribution in [0.15, 0.2) is 18.2 Å². The smallest absolute Gasteiger partial charge is 0.321 e. The summed E-state index contributed by atoms with van der Waals surface area (Å²) < 4.78 is 15.5. The van der Waals surface area contributed by atoms with Crippen LogP contribution in [0, 0.1) is 0 Å². The number of hydrogen-bond donors (Lipinski definition) is 2. The van der Waals surface area contributed by atoms with Crippen LogP contribution in [0.1, 0.15) is 44.6 Å². The molecule has 0 spiro atoms. The van der Waals surface area contributed by atoms with Crippen LogP contribution < -0.4 is 20.1 Å². The molecule has 1 fully saturated rings. The van der Waals surface area contributed by atoms with Crippen LogP contribution in [0.5, 0.6) is 11.5 Å². The average molecular weight is 392 g/mol. The third kappa shape index (κ3) is 6.44. The Bertz CT molecular complexity index is 700. The number of urea groups is 1. The molecule has 0 aromatic heterocycles. The van der Waals surface area contributed by atoms with Crippen LogP contribution in [0.3, 0.4) is 0 Å². The van der Waals surface area contributed by atoms with Gasteiger partial charge in [0.05, 0.1) is 20.6 Å². The molecule has 154 valence electrons. The van der Waals surface area contributed by atoms with E-state index in [1.54, 1.807) is 18.2 Å². The van der Waals surface area contributed by atoms with Crippen molar-refractivity contribution in [3.63, 3.8) is 0 Å². The SMILES string of the molecule is COc1ccc(CC(=O)O[C@@H](C)C(=O)NC(=O)NC2CCCCC2)cc1OC. The van der Waals surface area contributed by atoms with Gasteiger partial charge < -0.3 is 19.5 Å². The van der Waals surface area contributed by atoms with Gasteiger partial charge in [0.2, 0.25) is 0 Å². The van der Waals surface area contributed by atoms with Gasteiger partial charge in [0.15, 0.2) is 17.6 Å². The molecule has 1 atom stereocenters. The molecule has 1 aliphatic carbocycles. The maximum absolute atomic E-state index is 12.1. The summed E-state index contributed by atoms with van der Waals surface area (Å²) in [6.45, 7) is 1.43. The molecule has 8 nitrogen and oxygen atoms in total. The van der Waals surface area contributed by atoms with E-state index < -0.39 is 24.0 Å². The van der Waals surface area contributed by atoms with Crippen molar-refractivity contribution in [2.75, 3.05) is 14.2 Å². The lowest BCUT2D eigenvalue weighted by Crippen LogP contribution is -2.48. The molecule has 0 aliphatic heterocycles. The number of carbonyl (C=O) groups is 3. The van der Waals surface area contributed by atoms with E-state index in [4.69, 9.17) is 14.2 Å². The highest BCUT2D eigenvalue weighted by Gasteiger charge is 2.22. The predicted octanol–water partition coefficient (Wildman–Crippen LogP) is 2.34. The second-order valence-corrected chi connectivity index (χ2v) is 6.80. The Morgan fingerprint density at radius 3 is 2.39 bits per heavy atom. The quantitative estimate of drug-likeness (QED) is 0.691. The van der Waals surface area contributed by atoms with E-state index in [-0.39, 0.29) is 12.5 Å². The molecule has 0 radical (unpaired) electrons. The van der Waals surface area contributed by atoms with Crippen molar-refractivity contribution in [2.24, 2.45) is 0 Å². The second-order valence-electron chi connectivity index (χ2n) is 6.80. The minimum atomic E-state index is -1.08. The Kier molecular flexibility index (Phi) is 8.10. The number of imide groups is 1. The monoisotopic (exact) mass is 392 g/mol. The minimum Gasteiger partial charge on any atom is -0.493 e. The van der Waals surface area contributed by atoms with Crippen molar-refractivity contribution >= 4 is 17.9 Å². The number of rotatable bonds is 7. The van der Waals surface area contributed by atoms with Crippen LogP contribution in [-0.4, -0.2) is 44.3 Å². The first-order chi connectivity index (χ1) is 13.4. The molecule has 1 saturated carbocycles. The van der Waals surface area contributed by atoms with Crippen LogP contribution in [0.4, 0.5) is 4.79 Å². The average Bonchev–Trinajstić information content (AvgIpc) is 2.68. The van der Waals surface area contributed by atoms with Gasteiger partial charge >= 0.3 is 12.0 Å². The standard InChI is InChI=1S/C20H28N2O6/c1-13(19(24)22-20(25)21-15-7-5-4-6-8-15)28-18(23)12-14-9-10-16(26-2)17(11-14)27-3/h9-11,13,15H,4-8,12H2,1-3H3,(H2,21,22,24,25)/t13-/m0/s1. The molecule has 1 aromatic rings. The Labute approximate surface area is 164 Å². The van der Waals surface area contributed by atoms with Gasteiger partial charge in [-0.3, -0.25) is 14.9 Å². The third-order valence-corrected chi connectivity index (χ3v) is 4.65. The summed E-state index contributed by atoms with van der Waals surface area (Å²) in [5.74, 6) is -0.189. The van der Waals surface area contributed by atoms with E-state index in [0.717, 1.165) is 25.7 Å². The van der Waals surface area contributed by atoms with Gasteiger partial charge in [-0.15, -0.1) is 0 Å². The summed E-state index contributed by atoms with van der Waals surface area (Å²) in [7, 11) is 3.03. The molecular formula is C20H28N2O6. The maximum atomic E-state index is 12.1. The lowest BCUT2D eigenvalue weighted by Gasteiger charge is -2.23. The Morgan fingerprint density at radius 2 is 1.75 bits per heavy atom. The number of benzene rings is 1. The van der Waals surface area contributed by atoms with E-state index in [9.17, 15) is 14.4 Å². The Morgan fingerprint density at radius 1 is 1.07 bits per heavy atom. The second kappa shape index (κ2) is 10.5. The van der Waals surface area contributed by atoms with E-state index in [2.05, 4.69) is 10.6 Å². The van der Waals surface area contributed by atoms with Crippen LogP contribution in [0.2, 0.25) is 0 Å². The number of hydrogen-bond acceptors (Lipinski definition) is 6. The van der Waals surface area contributed by atoms with Gasteiger partial charge in [0.1, 0.15) is 0 Å². The summed E-state index contributed by atoms with van der Waals surface area (Å²) in [5.41, 5.74) is 0.658. The van der Waals surface area contributed by atoms with Gasteiger partial charge in [-0.05, 0) is 37.5 Å². The third-order valence-electron chi connectivity index (χ3n) is 4.65.